The van der Waals surface area contributed by atoms with Gasteiger partial charge in [0.1, 0.15) is 5.75 Å². The van der Waals surface area contributed by atoms with Gasteiger partial charge in [-0.2, -0.15) is 0 Å². The van der Waals surface area contributed by atoms with Crippen molar-refractivity contribution in [1.82, 2.24) is 0 Å². The van der Waals surface area contributed by atoms with E-state index >= 15 is 0 Å². The summed E-state index contributed by atoms with van der Waals surface area (Å²) in [7, 11) is 0. The first kappa shape index (κ1) is 36.8. The quantitative estimate of drug-likeness (QED) is 0.0937. The average Bonchev–Trinajstić information content (AvgIpc) is 2.90. The van der Waals surface area contributed by atoms with Crippen LogP contribution in [0.15, 0.2) is 12.1 Å². The summed E-state index contributed by atoms with van der Waals surface area (Å²) in [6.45, 7) is 9.06. The largest absolute Gasteiger partial charge is 0.545 e. The van der Waals surface area contributed by atoms with Crippen LogP contribution in [0.4, 0.5) is 0 Å². The molecule has 38 heavy (non-hydrogen) atoms. The van der Waals surface area contributed by atoms with Gasteiger partial charge in [0.05, 0.1) is 18.5 Å². The minimum atomic E-state index is -1.52. The fraction of sp³-hybridized carbons (Fsp3) is 0.750. The van der Waals surface area contributed by atoms with Crippen LogP contribution in [-0.2, 0) is 6.42 Å². The minimum Gasteiger partial charge on any atom is -0.545 e. The summed E-state index contributed by atoms with van der Waals surface area (Å²) < 4.78 is 8.91. The van der Waals surface area contributed by atoms with E-state index < -0.39 is 11.9 Å². The first-order valence-electron chi connectivity index (χ1n) is 15.4. The number of carboxylic acid groups (broad SMARTS) is 2. The molecule has 0 radical (unpaired) electrons. The third-order valence-electron chi connectivity index (χ3n) is 6.64. The van der Waals surface area contributed by atoms with E-state index in [-0.39, 0.29) is 32.3 Å². The van der Waals surface area contributed by atoms with Crippen molar-refractivity contribution in [2.75, 3.05) is 6.61 Å². The van der Waals surface area contributed by atoms with Crippen LogP contribution < -0.4 is 14.9 Å². The van der Waals surface area contributed by atoms with Crippen LogP contribution in [0.25, 0.3) is 0 Å². The van der Waals surface area contributed by atoms with Crippen molar-refractivity contribution in [3.05, 3.63) is 28.8 Å². The van der Waals surface area contributed by atoms with Gasteiger partial charge in [-0.25, -0.2) is 0 Å². The summed E-state index contributed by atoms with van der Waals surface area (Å²) >= 11 is 0.0736. The van der Waals surface area contributed by atoms with E-state index in [0.717, 1.165) is 25.7 Å². The Balaban J connectivity index is 0.000000739. The molecule has 0 spiro atoms. The molecule has 0 atom stereocenters. The van der Waals surface area contributed by atoms with Gasteiger partial charge < -0.3 is 24.5 Å². The normalized spacial score (nSPS) is 10.4. The first-order chi connectivity index (χ1) is 18.4. The minimum absolute atomic E-state index is 0.0736. The molecule has 6 heteroatoms. The number of carboxylic acids is 2. The van der Waals surface area contributed by atoms with Gasteiger partial charge in [-0.3, -0.25) is 0 Å². The molecule has 0 aliphatic carbocycles. The Kier molecular flexibility index (Phi) is 25.2. The number of rotatable bonds is 23. The van der Waals surface area contributed by atoms with Crippen LogP contribution in [0, 0.1) is 0 Å². The number of benzene rings is 1. The number of aromatic carboxylic acids is 2. The van der Waals surface area contributed by atoms with Crippen molar-refractivity contribution in [2.45, 2.75) is 146 Å². The number of ether oxygens (including phenoxy) is 1. The van der Waals surface area contributed by atoms with Gasteiger partial charge in [-0.05, 0) is 31.4 Å². The number of hydrogen-bond acceptors (Lipinski definition) is 5. The molecule has 0 N–H and O–H groups in total. The van der Waals surface area contributed by atoms with Crippen LogP contribution in [-0.4, -0.2) is 39.7 Å². The maximum absolute atomic E-state index is 11.3. The molecule has 5 nitrogen and oxygen atoms in total. The molecule has 0 saturated heterocycles. The summed E-state index contributed by atoms with van der Waals surface area (Å²) in [5.41, 5.74) is -0.295. The van der Waals surface area contributed by atoms with Gasteiger partial charge in [0, 0.05) is 16.7 Å². The Morgan fingerprint density at radius 2 is 1.16 bits per heavy atom. The number of carbonyl (C=O) groups is 2. The molecule has 0 heterocycles. The van der Waals surface area contributed by atoms with E-state index in [9.17, 15) is 19.8 Å². The van der Waals surface area contributed by atoms with Crippen LogP contribution >= 0.6 is 0 Å². The third-order valence-corrected chi connectivity index (χ3v) is 10.7. The van der Waals surface area contributed by atoms with E-state index in [1.165, 1.54) is 76.3 Å². The molecule has 0 aliphatic heterocycles. The molecule has 0 unspecified atom stereocenters. The molecule has 0 saturated carbocycles. The van der Waals surface area contributed by atoms with Gasteiger partial charge in [0.25, 0.3) is 0 Å². The summed E-state index contributed by atoms with van der Waals surface area (Å²) in [5.74, 6) is -2.62. The van der Waals surface area contributed by atoms with E-state index in [1.54, 1.807) is 21.7 Å². The Hall–Kier alpha value is -1.24. The first-order valence-corrected chi connectivity index (χ1v) is 19.4. The summed E-state index contributed by atoms with van der Waals surface area (Å²) in [4.78, 5) is 22.4. The molecule has 1 aromatic carbocycles. The van der Waals surface area contributed by atoms with Gasteiger partial charge in [0.15, 0.2) is 0 Å². The number of hydrogen-bond donors (Lipinski definition) is 0. The van der Waals surface area contributed by atoms with Crippen molar-refractivity contribution in [3.63, 3.8) is 0 Å². The Morgan fingerprint density at radius 1 is 0.658 bits per heavy atom. The maximum Gasteiger partial charge on any atom is 0.123 e. The summed E-state index contributed by atoms with van der Waals surface area (Å²) in [5, 5.41) is 22.4. The zero-order valence-electron chi connectivity index (χ0n) is 24.8. The molecule has 0 aliphatic rings. The predicted molar refractivity (Wildman–Crippen MR) is 156 cm³/mol. The van der Waals surface area contributed by atoms with Crippen molar-refractivity contribution in [2.24, 2.45) is 0 Å². The summed E-state index contributed by atoms with van der Waals surface area (Å²) in [6, 6.07) is 2.70. The zero-order chi connectivity index (χ0) is 28.4. The molecular weight excluding hydrogens is 583 g/mol. The Bertz CT molecular complexity index is 721. The number of unbranched alkanes of at least 4 members (excludes halogenated alkanes) is 12. The van der Waals surface area contributed by atoms with E-state index in [4.69, 9.17) is 4.74 Å². The fourth-order valence-electron chi connectivity index (χ4n) is 4.28. The number of carbonyl (C=O) groups excluding carboxylic acids is 2. The average molecular weight is 637 g/mol. The molecule has 0 aromatic heterocycles. The monoisotopic (exact) mass is 638 g/mol. The van der Waals surface area contributed by atoms with Gasteiger partial charge in [-0.15, -0.1) is 0 Å². The molecule has 1 rings (SSSR count). The van der Waals surface area contributed by atoms with Gasteiger partial charge in [0.2, 0.25) is 0 Å². The Labute approximate surface area is 243 Å². The van der Waals surface area contributed by atoms with Crippen molar-refractivity contribution < 1.29 is 24.5 Å². The molecule has 0 bridgehead atoms. The fourth-order valence-corrected chi connectivity index (χ4v) is 7.85. The Morgan fingerprint density at radius 3 is 1.63 bits per heavy atom. The maximum atomic E-state index is 11.3. The summed E-state index contributed by atoms with van der Waals surface area (Å²) in [6.07, 6.45) is 21.7. The topological polar surface area (TPSA) is 89.5 Å². The van der Waals surface area contributed by atoms with Crippen molar-refractivity contribution >= 4 is 33.1 Å². The third kappa shape index (κ3) is 18.1. The van der Waals surface area contributed by atoms with Crippen LogP contribution in [0.2, 0.25) is 8.87 Å². The molecule has 0 amide bonds. The molecule has 0 fully saturated rings. The van der Waals surface area contributed by atoms with E-state index in [0.29, 0.717) is 24.3 Å². The van der Waals surface area contributed by atoms with Crippen LogP contribution in [0.3, 0.4) is 0 Å². The van der Waals surface area contributed by atoms with E-state index in [2.05, 4.69) is 13.8 Å². The van der Waals surface area contributed by atoms with E-state index in [1.807, 2.05) is 13.8 Å². The van der Waals surface area contributed by atoms with Crippen molar-refractivity contribution in [1.29, 1.82) is 0 Å². The van der Waals surface area contributed by atoms with Crippen LogP contribution in [0.1, 0.15) is 157 Å². The van der Waals surface area contributed by atoms with Crippen molar-refractivity contribution in [3.8, 4) is 5.75 Å². The van der Waals surface area contributed by atoms with Gasteiger partial charge in [-0.1, -0.05) is 26.7 Å². The second-order valence-corrected chi connectivity index (χ2v) is 14.4. The van der Waals surface area contributed by atoms with Crippen LogP contribution in [0.5, 0.6) is 5.75 Å². The molecule has 216 valence electrons. The smallest absolute Gasteiger partial charge is 0.123 e. The zero-order valence-corrected chi connectivity index (χ0v) is 27.7. The standard InChI is InChI=1S/C16H22O5.2C8H17.Sn/c1-3-5-7-11-13(21-10-6-4-2)9-8-12(15(17)18)14(11)16(19)20;2*1-3-5-7-8-6-4-2;/h8-9H,3-7,10H2,1-2H3,(H,17,18)(H,19,20);2*1,3-8H2,2H3;/q;;;+2/p-2. The van der Waals surface area contributed by atoms with Gasteiger partial charge >= 0.3 is 121 Å². The molecule has 1 aromatic rings. The predicted octanol–water partition coefficient (Wildman–Crippen LogP) is 7.18. The SMILES string of the molecule is CCCCCCC[CH2][Sn+2][CH2]CCCCCCC.CCCCOc1ccc(C(=O)[O-])c(C(=O)[O-])c1CCCC. The second kappa shape index (κ2) is 26.0. The second-order valence-electron chi connectivity index (χ2n) is 10.1. The molecular formula is C32H54O5Sn.